The highest BCUT2D eigenvalue weighted by atomic mass is 35.5. The number of carbonyl (C=O) groups excluding carboxylic acids is 1. The molecule has 4 aromatic rings. The second-order valence-corrected chi connectivity index (χ2v) is 13.8. The molecule has 46 heavy (non-hydrogen) atoms. The zero-order valence-electron chi connectivity index (χ0n) is 22.4. The van der Waals surface area contributed by atoms with Crippen molar-refractivity contribution in [3.63, 3.8) is 0 Å². The monoisotopic (exact) mass is 729 g/mol. The highest BCUT2D eigenvalue weighted by Gasteiger charge is 2.20. The van der Waals surface area contributed by atoms with E-state index < -0.39 is 62.8 Å². The second kappa shape index (κ2) is 13.6. The average molecular weight is 731 g/mol. The Morgan fingerprint density at radius 3 is 1.85 bits per heavy atom. The Balaban J connectivity index is 1.67. The molecular formula is C24H17Cl2N7O10S3. The zero-order chi connectivity index (χ0) is 33.9. The number of aromatic nitrogens is 2. The van der Waals surface area contributed by atoms with Crippen molar-refractivity contribution >= 4 is 76.5 Å². The lowest BCUT2D eigenvalue weighted by Crippen LogP contribution is -2.13. The predicted molar refractivity (Wildman–Crippen MR) is 161 cm³/mol. The van der Waals surface area contributed by atoms with Crippen LogP contribution in [0.1, 0.15) is 22.1 Å². The van der Waals surface area contributed by atoms with Gasteiger partial charge in [0.1, 0.15) is 5.15 Å². The fraction of sp³-hybridized carbons (Fsp3) is 0.0417. The van der Waals surface area contributed by atoms with E-state index in [0.29, 0.717) is 11.8 Å². The van der Waals surface area contributed by atoms with Gasteiger partial charge in [-0.3, -0.25) is 18.5 Å². The first-order chi connectivity index (χ1) is 21.4. The molecule has 0 saturated heterocycles. The number of benzene rings is 3. The molecule has 0 aliphatic heterocycles. The molecule has 22 heteroatoms. The standard InChI is InChI=1S/C24H17Cl2N7O10S3/c25-21-20(12-27-24(26)29-21)23(34)28-14-4-6-15(7-5-14)30-32-22(13-2-1-3-17(8-13)44(35,36)37)33-31-16-9-18(45(38,39)40)11-19(10-16)46(41,42)43/h1-12,22H,(H,28,34)(H,35,36,37)(H,38,39,40)(H,41,42,43). The van der Waals surface area contributed by atoms with Gasteiger partial charge in [0.2, 0.25) is 11.4 Å². The minimum Gasteiger partial charge on any atom is -0.322 e. The van der Waals surface area contributed by atoms with Gasteiger partial charge in [-0.05, 0) is 66.2 Å². The van der Waals surface area contributed by atoms with Gasteiger partial charge in [0, 0.05) is 17.4 Å². The first-order valence-electron chi connectivity index (χ1n) is 12.0. The van der Waals surface area contributed by atoms with Crippen LogP contribution >= 0.6 is 23.2 Å². The molecule has 0 spiro atoms. The Kier molecular flexibility index (Phi) is 10.2. The summed E-state index contributed by atoms with van der Waals surface area (Å²) in [4.78, 5) is 17.5. The topological polar surface area (TPSA) is 267 Å². The normalized spacial score (nSPS) is 13.2. The molecule has 0 aliphatic rings. The maximum Gasteiger partial charge on any atom is 0.294 e. The molecule has 17 nitrogen and oxygen atoms in total. The fourth-order valence-corrected chi connectivity index (χ4v) is 5.54. The molecule has 1 atom stereocenters. The summed E-state index contributed by atoms with van der Waals surface area (Å²) in [6, 6.07) is 12.4. The minimum atomic E-state index is -4.96. The van der Waals surface area contributed by atoms with E-state index in [2.05, 4.69) is 35.7 Å². The summed E-state index contributed by atoms with van der Waals surface area (Å²) in [7, 11) is -14.6. The van der Waals surface area contributed by atoms with Gasteiger partial charge < -0.3 is 5.32 Å². The number of carbonyl (C=O) groups is 1. The number of rotatable bonds is 10. The van der Waals surface area contributed by atoms with Gasteiger partial charge in [-0.15, -0.1) is 0 Å². The SMILES string of the molecule is O=C(Nc1ccc(N=NC(N=Nc2cc(S(=O)(=O)O)cc(S(=O)(=O)O)c2)c2cccc(S(=O)(=O)O)c2)cc1)c1cnc(Cl)nc1Cl. The van der Waals surface area contributed by atoms with Gasteiger partial charge in [0.15, 0.2) is 0 Å². The molecule has 0 aliphatic carbocycles. The molecule has 1 unspecified atom stereocenters. The van der Waals surface area contributed by atoms with Crippen LogP contribution in [0.3, 0.4) is 0 Å². The third-order valence-corrected chi connectivity index (χ3v) is 8.55. The number of halogens is 2. The van der Waals surface area contributed by atoms with E-state index in [4.69, 9.17) is 23.2 Å². The summed E-state index contributed by atoms with van der Waals surface area (Å²) in [5.74, 6) is -0.634. The quantitative estimate of drug-likeness (QED) is 0.0697. The Morgan fingerprint density at radius 1 is 0.739 bits per heavy atom. The summed E-state index contributed by atoms with van der Waals surface area (Å²) < 4.78 is 98.3. The molecule has 0 radical (unpaired) electrons. The number of anilines is 1. The van der Waals surface area contributed by atoms with E-state index >= 15 is 0 Å². The maximum absolute atomic E-state index is 12.5. The Morgan fingerprint density at radius 2 is 1.30 bits per heavy atom. The number of azo groups is 2. The number of hydrogen-bond donors (Lipinski definition) is 4. The molecule has 0 fully saturated rings. The van der Waals surface area contributed by atoms with Crippen molar-refractivity contribution < 1.29 is 43.7 Å². The smallest absolute Gasteiger partial charge is 0.294 e. The number of hydrogen-bond acceptors (Lipinski definition) is 13. The van der Waals surface area contributed by atoms with Gasteiger partial charge in [0.05, 0.1) is 31.6 Å². The van der Waals surface area contributed by atoms with Crippen LogP contribution in [0.5, 0.6) is 0 Å². The lowest BCUT2D eigenvalue weighted by atomic mass is 10.2. The summed E-state index contributed by atoms with van der Waals surface area (Å²) in [6.07, 6.45) is -0.333. The van der Waals surface area contributed by atoms with E-state index in [0.717, 1.165) is 30.5 Å². The Labute approximate surface area is 270 Å². The van der Waals surface area contributed by atoms with E-state index in [1.807, 2.05) is 0 Å². The van der Waals surface area contributed by atoms with Crippen molar-refractivity contribution in [2.24, 2.45) is 20.5 Å². The van der Waals surface area contributed by atoms with Crippen LogP contribution in [0.25, 0.3) is 0 Å². The molecule has 4 rings (SSSR count). The van der Waals surface area contributed by atoms with Gasteiger partial charge in [-0.1, -0.05) is 23.7 Å². The van der Waals surface area contributed by atoms with E-state index in [1.165, 1.54) is 36.4 Å². The lowest BCUT2D eigenvalue weighted by Gasteiger charge is -2.08. The molecule has 1 heterocycles. The number of amides is 1. The highest BCUT2D eigenvalue weighted by molar-refractivity contribution is 7.86. The third kappa shape index (κ3) is 9.14. The number of nitrogens with one attached hydrogen (secondary N) is 1. The summed E-state index contributed by atoms with van der Waals surface area (Å²) in [5, 5.41) is 18.0. The Hall–Kier alpha value is -4.28. The maximum atomic E-state index is 12.5. The van der Waals surface area contributed by atoms with Gasteiger partial charge in [-0.25, -0.2) is 9.97 Å². The first-order valence-corrected chi connectivity index (χ1v) is 17.1. The van der Waals surface area contributed by atoms with E-state index in [9.17, 15) is 43.7 Å². The van der Waals surface area contributed by atoms with Crippen molar-refractivity contribution in [2.45, 2.75) is 20.9 Å². The predicted octanol–water partition coefficient (Wildman–Crippen LogP) is 5.34. The molecule has 1 aromatic heterocycles. The zero-order valence-corrected chi connectivity index (χ0v) is 26.3. The van der Waals surface area contributed by atoms with Crippen molar-refractivity contribution in [1.82, 2.24) is 9.97 Å². The van der Waals surface area contributed by atoms with E-state index in [-0.39, 0.29) is 27.3 Å². The van der Waals surface area contributed by atoms with Crippen molar-refractivity contribution in [2.75, 3.05) is 5.32 Å². The summed E-state index contributed by atoms with van der Waals surface area (Å²) in [6.45, 7) is 0. The van der Waals surface area contributed by atoms with Crippen LogP contribution in [0.2, 0.25) is 10.4 Å². The van der Waals surface area contributed by atoms with Crippen molar-refractivity contribution in [1.29, 1.82) is 0 Å². The first kappa shape index (κ1) is 34.6. The van der Waals surface area contributed by atoms with Gasteiger partial charge in [-0.2, -0.15) is 45.7 Å². The molecule has 1 amide bonds. The van der Waals surface area contributed by atoms with Crippen LogP contribution in [-0.2, 0) is 30.4 Å². The van der Waals surface area contributed by atoms with Crippen LogP contribution in [0, 0.1) is 0 Å². The number of nitrogens with zero attached hydrogens (tertiary/aromatic N) is 6. The summed E-state index contributed by atoms with van der Waals surface area (Å²) in [5.41, 5.74) is -0.00453. The molecule has 3 aromatic carbocycles. The highest BCUT2D eigenvalue weighted by Crippen LogP contribution is 2.30. The van der Waals surface area contributed by atoms with Crippen molar-refractivity contribution in [3.8, 4) is 0 Å². The van der Waals surface area contributed by atoms with E-state index in [1.54, 1.807) is 0 Å². The van der Waals surface area contributed by atoms with Crippen LogP contribution < -0.4 is 5.32 Å². The molecule has 0 saturated carbocycles. The second-order valence-electron chi connectivity index (χ2n) is 8.81. The molecule has 240 valence electrons. The summed E-state index contributed by atoms with van der Waals surface area (Å²) >= 11 is 11.6. The average Bonchev–Trinajstić information content (AvgIpc) is 2.96. The molecule has 0 bridgehead atoms. The molecule has 4 N–H and O–H groups in total. The third-order valence-electron chi connectivity index (χ3n) is 5.56. The minimum absolute atomic E-state index is 0.00880. The lowest BCUT2D eigenvalue weighted by molar-refractivity contribution is 0.102. The largest absolute Gasteiger partial charge is 0.322 e. The Bertz CT molecular complexity index is 2170. The van der Waals surface area contributed by atoms with Gasteiger partial charge >= 0.3 is 0 Å². The van der Waals surface area contributed by atoms with Crippen LogP contribution in [-0.4, -0.2) is 54.8 Å². The van der Waals surface area contributed by atoms with Gasteiger partial charge in [0.25, 0.3) is 36.3 Å². The fourth-order valence-electron chi connectivity index (χ4n) is 3.45. The van der Waals surface area contributed by atoms with Crippen molar-refractivity contribution in [3.05, 3.63) is 94.5 Å². The van der Waals surface area contributed by atoms with Crippen LogP contribution in [0.4, 0.5) is 17.1 Å². The molecular weight excluding hydrogens is 713 g/mol. The van der Waals surface area contributed by atoms with Crippen LogP contribution in [0.15, 0.2) is 108 Å².